The van der Waals surface area contributed by atoms with Crippen molar-refractivity contribution in [2.75, 3.05) is 4.90 Å². The SMILES string of the molecule is CCCC1=C(CCC)C(c2ccccc2)N(c2ccc(F)cc2)C(CCC)=C1CCC. The summed E-state index contributed by atoms with van der Waals surface area (Å²) in [5.74, 6) is -0.178. The first-order valence-electron chi connectivity index (χ1n) is 12.2. The lowest BCUT2D eigenvalue weighted by Crippen LogP contribution is -2.35. The van der Waals surface area contributed by atoms with Crippen LogP contribution in [0.25, 0.3) is 0 Å². The molecule has 0 saturated heterocycles. The molecule has 1 unspecified atom stereocenters. The molecule has 1 atom stereocenters. The van der Waals surface area contributed by atoms with Gasteiger partial charge >= 0.3 is 0 Å². The quantitative estimate of drug-likeness (QED) is 0.371. The van der Waals surface area contributed by atoms with Crippen LogP contribution in [-0.2, 0) is 0 Å². The molecule has 0 aliphatic carbocycles. The van der Waals surface area contributed by atoms with E-state index in [0.29, 0.717) is 0 Å². The summed E-state index contributed by atoms with van der Waals surface area (Å²) in [5, 5.41) is 0. The summed E-state index contributed by atoms with van der Waals surface area (Å²) in [6.07, 6.45) is 8.92. The summed E-state index contributed by atoms with van der Waals surface area (Å²) in [5.41, 5.74) is 8.56. The van der Waals surface area contributed by atoms with Gasteiger partial charge in [-0.25, -0.2) is 4.39 Å². The molecular weight excluding hydrogens is 381 g/mol. The fraction of sp³-hybridized carbons (Fsp3) is 0.448. The Morgan fingerprint density at radius 2 is 1.26 bits per heavy atom. The molecule has 31 heavy (non-hydrogen) atoms. The van der Waals surface area contributed by atoms with Crippen LogP contribution in [0.4, 0.5) is 10.1 Å². The van der Waals surface area contributed by atoms with Crippen molar-refractivity contribution in [1.82, 2.24) is 0 Å². The zero-order valence-electron chi connectivity index (χ0n) is 19.8. The number of rotatable bonds is 10. The minimum atomic E-state index is -0.178. The molecule has 1 heterocycles. The molecular formula is C29H38FN. The van der Waals surface area contributed by atoms with Crippen LogP contribution in [0.5, 0.6) is 0 Å². The van der Waals surface area contributed by atoms with E-state index >= 15 is 0 Å². The third-order valence-corrected chi connectivity index (χ3v) is 6.21. The molecule has 1 aliphatic heterocycles. The van der Waals surface area contributed by atoms with E-state index in [4.69, 9.17) is 0 Å². The lowest BCUT2D eigenvalue weighted by Gasteiger charge is -2.44. The summed E-state index contributed by atoms with van der Waals surface area (Å²) < 4.78 is 13.8. The van der Waals surface area contributed by atoms with Crippen molar-refractivity contribution < 1.29 is 4.39 Å². The maximum Gasteiger partial charge on any atom is 0.123 e. The van der Waals surface area contributed by atoms with Crippen LogP contribution >= 0.6 is 0 Å². The first kappa shape index (κ1) is 23.3. The van der Waals surface area contributed by atoms with Crippen LogP contribution in [0, 0.1) is 5.82 Å². The highest BCUT2D eigenvalue weighted by Gasteiger charge is 2.35. The minimum Gasteiger partial charge on any atom is -0.334 e. The van der Waals surface area contributed by atoms with Gasteiger partial charge < -0.3 is 4.90 Å². The van der Waals surface area contributed by atoms with Crippen molar-refractivity contribution >= 4 is 5.69 Å². The molecule has 0 amide bonds. The van der Waals surface area contributed by atoms with E-state index in [1.807, 2.05) is 12.1 Å². The molecule has 0 fully saturated rings. The Kier molecular flexibility index (Phi) is 8.51. The van der Waals surface area contributed by atoms with Gasteiger partial charge in [0, 0.05) is 11.4 Å². The number of halogens is 1. The van der Waals surface area contributed by atoms with Gasteiger partial charge in [0.25, 0.3) is 0 Å². The van der Waals surface area contributed by atoms with Crippen LogP contribution in [0.15, 0.2) is 77.0 Å². The average molecular weight is 420 g/mol. The lowest BCUT2D eigenvalue weighted by molar-refractivity contribution is 0.620. The van der Waals surface area contributed by atoms with E-state index in [1.165, 1.54) is 11.3 Å². The number of anilines is 1. The predicted octanol–water partition coefficient (Wildman–Crippen LogP) is 9.14. The summed E-state index contributed by atoms with van der Waals surface area (Å²) in [6, 6.07) is 18.2. The van der Waals surface area contributed by atoms with E-state index in [2.05, 4.69) is 62.9 Å². The van der Waals surface area contributed by atoms with E-state index in [0.717, 1.165) is 57.1 Å². The molecule has 1 aliphatic rings. The van der Waals surface area contributed by atoms with Crippen molar-refractivity contribution in [1.29, 1.82) is 0 Å². The fourth-order valence-corrected chi connectivity index (χ4v) is 5.05. The number of nitrogens with zero attached hydrogens (tertiary/aromatic N) is 1. The molecule has 0 spiro atoms. The van der Waals surface area contributed by atoms with Gasteiger partial charge in [0.1, 0.15) is 5.82 Å². The largest absolute Gasteiger partial charge is 0.334 e. The highest BCUT2D eigenvalue weighted by Crippen LogP contribution is 2.48. The molecule has 0 saturated carbocycles. The first-order chi connectivity index (χ1) is 15.2. The van der Waals surface area contributed by atoms with Gasteiger partial charge in [0.15, 0.2) is 0 Å². The summed E-state index contributed by atoms with van der Waals surface area (Å²) in [4.78, 5) is 2.54. The summed E-state index contributed by atoms with van der Waals surface area (Å²) in [6.45, 7) is 9.13. The van der Waals surface area contributed by atoms with Crippen LogP contribution in [0.3, 0.4) is 0 Å². The molecule has 2 aromatic carbocycles. The Morgan fingerprint density at radius 1 is 0.677 bits per heavy atom. The van der Waals surface area contributed by atoms with E-state index < -0.39 is 0 Å². The average Bonchev–Trinajstić information content (AvgIpc) is 2.79. The summed E-state index contributed by atoms with van der Waals surface area (Å²) >= 11 is 0. The van der Waals surface area contributed by atoms with Crippen LogP contribution < -0.4 is 4.90 Å². The van der Waals surface area contributed by atoms with E-state index in [-0.39, 0.29) is 11.9 Å². The molecule has 0 radical (unpaired) electrons. The molecule has 0 aromatic heterocycles. The Labute approximate surface area is 188 Å². The van der Waals surface area contributed by atoms with Gasteiger partial charge in [-0.1, -0.05) is 83.7 Å². The van der Waals surface area contributed by atoms with Gasteiger partial charge in [-0.3, -0.25) is 0 Å². The highest BCUT2D eigenvalue weighted by atomic mass is 19.1. The van der Waals surface area contributed by atoms with Crippen LogP contribution in [0.1, 0.15) is 90.7 Å². The van der Waals surface area contributed by atoms with Crippen molar-refractivity contribution in [3.63, 3.8) is 0 Å². The molecule has 2 aromatic rings. The lowest BCUT2D eigenvalue weighted by atomic mass is 9.79. The predicted molar refractivity (Wildman–Crippen MR) is 132 cm³/mol. The maximum atomic E-state index is 13.8. The number of benzene rings is 2. The topological polar surface area (TPSA) is 3.24 Å². The molecule has 1 nitrogen and oxygen atoms in total. The Hall–Kier alpha value is -2.35. The summed E-state index contributed by atoms with van der Waals surface area (Å²) in [7, 11) is 0. The van der Waals surface area contributed by atoms with Crippen LogP contribution in [0.2, 0.25) is 0 Å². The second kappa shape index (κ2) is 11.3. The third kappa shape index (κ3) is 5.11. The molecule has 3 rings (SSSR count). The van der Waals surface area contributed by atoms with Crippen molar-refractivity contribution in [2.24, 2.45) is 0 Å². The monoisotopic (exact) mass is 419 g/mol. The molecule has 166 valence electrons. The van der Waals surface area contributed by atoms with E-state index in [9.17, 15) is 4.39 Å². The number of hydrogen-bond donors (Lipinski definition) is 0. The third-order valence-electron chi connectivity index (χ3n) is 6.21. The van der Waals surface area contributed by atoms with Crippen molar-refractivity contribution in [2.45, 2.75) is 85.1 Å². The van der Waals surface area contributed by atoms with Gasteiger partial charge in [0.05, 0.1) is 6.04 Å². The second-order valence-corrected chi connectivity index (χ2v) is 8.59. The number of hydrogen-bond acceptors (Lipinski definition) is 1. The zero-order valence-corrected chi connectivity index (χ0v) is 19.8. The molecule has 0 bridgehead atoms. The van der Waals surface area contributed by atoms with Crippen molar-refractivity contribution in [3.05, 3.63) is 88.4 Å². The normalized spacial score (nSPS) is 16.9. The van der Waals surface area contributed by atoms with Gasteiger partial charge in [0.2, 0.25) is 0 Å². The van der Waals surface area contributed by atoms with Crippen molar-refractivity contribution in [3.8, 4) is 0 Å². The minimum absolute atomic E-state index is 0.176. The Bertz CT molecular complexity index is 892. The fourth-order valence-electron chi connectivity index (χ4n) is 5.05. The Balaban J connectivity index is 2.32. The number of allylic oxidation sites excluding steroid dienone is 3. The maximum absolute atomic E-state index is 13.8. The van der Waals surface area contributed by atoms with E-state index in [1.54, 1.807) is 28.9 Å². The Morgan fingerprint density at radius 3 is 1.84 bits per heavy atom. The zero-order chi connectivity index (χ0) is 22.2. The highest BCUT2D eigenvalue weighted by molar-refractivity contribution is 5.64. The second-order valence-electron chi connectivity index (χ2n) is 8.59. The molecule has 0 N–H and O–H groups in total. The van der Waals surface area contributed by atoms with Crippen LogP contribution in [-0.4, -0.2) is 0 Å². The van der Waals surface area contributed by atoms with Gasteiger partial charge in [-0.2, -0.15) is 0 Å². The standard InChI is InChI=1S/C29H38FN/c1-5-12-25-26(13-6-2)28(15-8-4)31(24-20-18-23(30)19-21-24)29(27(25)14-7-3)22-16-10-9-11-17-22/h9-11,16-21,29H,5-8,12-15H2,1-4H3. The smallest absolute Gasteiger partial charge is 0.123 e. The van der Waals surface area contributed by atoms with Gasteiger partial charge in [-0.05, 0) is 72.2 Å². The molecule has 2 heteroatoms. The van der Waals surface area contributed by atoms with Gasteiger partial charge in [-0.15, -0.1) is 0 Å². The first-order valence-corrected chi connectivity index (χ1v) is 12.2.